The van der Waals surface area contributed by atoms with Crippen LogP contribution in [-0.4, -0.2) is 43.9 Å². The van der Waals surface area contributed by atoms with Crippen molar-refractivity contribution in [3.05, 3.63) is 35.6 Å². The molecule has 5 heteroatoms. The van der Waals surface area contributed by atoms with Gasteiger partial charge in [0.2, 0.25) is 0 Å². The van der Waals surface area contributed by atoms with Gasteiger partial charge in [-0.1, -0.05) is 0 Å². The Morgan fingerprint density at radius 2 is 2.12 bits per heavy atom. The second-order valence-electron chi connectivity index (χ2n) is 3.32. The molecule has 17 heavy (non-hydrogen) atoms. The van der Waals surface area contributed by atoms with Gasteiger partial charge in [0.15, 0.2) is 0 Å². The van der Waals surface area contributed by atoms with Gasteiger partial charge in [-0.3, -0.25) is 0 Å². The van der Waals surface area contributed by atoms with Crippen LogP contribution in [-0.2, 0) is 9.59 Å². The molecule has 0 aromatic heterocycles. The quantitative estimate of drug-likeness (QED) is 0.480. The van der Waals surface area contributed by atoms with Crippen LogP contribution in [0.2, 0.25) is 8.94 Å². The van der Waals surface area contributed by atoms with Crippen molar-refractivity contribution in [2.24, 2.45) is 4.99 Å². The fourth-order valence-electron chi connectivity index (χ4n) is 1.16. The van der Waals surface area contributed by atoms with Crippen molar-refractivity contribution in [2.75, 3.05) is 0 Å². The minimum atomic E-state index is -0.359. The van der Waals surface area contributed by atoms with Crippen LogP contribution >= 0.6 is 0 Å². The molecule has 90 valence electrons. The van der Waals surface area contributed by atoms with E-state index in [1.165, 1.54) is 13.1 Å². The maximum absolute atomic E-state index is 11.5. The molecule has 1 aliphatic heterocycles. The van der Waals surface area contributed by atoms with Crippen LogP contribution in [0.4, 0.5) is 0 Å². The Balaban J connectivity index is 2.59. The number of allylic oxidation sites excluding steroid dienone is 6. The van der Waals surface area contributed by atoms with Gasteiger partial charge >= 0.3 is 110 Å². The van der Waals surface area contributed by atoms with Crippen LogP contribution in [0.1, 0.15) is 6.92 Å². The molecule has 1 heterocycles. The van der Waals surface area contributed by atoms with Gasteiger partial charge in [-0.25, -0.2) is 0 Å². The molecule has 0 bridgehead atoms. The molecule has 0 spiro atoms. The molecule has 0 aromatic carbocycles. The minimum absolute atomic E-state index is 0.0261. The van der Waals surface area contributed by atoms with Gasteiger partial charge in [-0.15, -0.1) is 0 Å². The molecule has 0 fully saturated rings. The predicted molar refractivity (Wildman–Crippen MR) is 67.5 cm³/mol. The molecule has 1 N–H and O–H groups in total. The van der Waals surface area contributed by atoms with Gasteiger partial charge in [0.25, 0.3) is 0 Å². The summed E-state index contributed by atoms with van der Waals surface area (Å²) >= 11 is -0.359. The van der Waals surface area contributed by atoms with Crippen molar-refractivity contribution in [1.82, 2.24) is 0 Å². The maximum atomic E-state index is 11.5. The number of aliphatic hydroxyl groups is 1. The summed E-state index contributed by atoms with van der Waals surface area (Å²) in [6.45, 7) is 1.37. The Kier molecular flexibility index (Phi) is 5.88. The summed E-state index contributed by atoms with van der Waals surface area (Å²) in [5.74, 6) is -0.0185. The summed E-state index contributed by atoms with van der Waals surface area (Å²) in [6, 6.07) is 0. The van der Waals surface area contributed by atoms with E-state index < -0.39 is 0 Å². The topological polar surface area (TPSA) is 66.7 Å². The molecule has 0 unspecified atom stereocenters. The zero-order chi connectivity index (χ0) is 12.7. The standard InChI is InChI=1S/C12H13NO3Te/c1-9(14)13-6-4-2-3-5-10-11(15)7-17-8-12(10)16/h2-6,15H,7-8H2,1H3/b4-2+,5-3+,13-6?. The number of carbonyl (C=O) groups is 2. The van der Waals surface area contributed by atoms with E-state index in [2.05, 4.69) is 4.99 Å². The van der Waals surface area contributed by atoms with Crippen LogP contribution < -0.4 is 0 Å². The van der Waals surface area contributed by atoms with Crippen molar-refractivity contribution < 1.29 is 14.7 Å². The summed E-state index contributed by atoms with van der Waals surface area (Å²) in [6.07, 6.45) is 7.89. The van der Waals surface area contributed by atoms with Crippen molar-refractivity contribution in [1.29, 1.82) is 0 Å². The van der Waals surface area contributed by atoms with Gasteiger partial charge in [0.1, 0.15) is 0 Å². The van der Waals surface area contributed by atoms with Crippen molar-refractivity contribution in [3.63, 3.8) is 0 Å². The third-order valence-corrected chi connectivity index (χ3v) is 4.60. The summed E-state index contributed by atoms with van der Waals surface area (Å²) in [5.41, 5.74) is 0.412. The van der Waals surface area contributed by atoms with E-state index in [0.29, 0.717) is 14.5 Å². The summed E-state index contributed by atoms with van der Waals surface area (Å²) < 4.78 is 1.30. The summed E-state index contributed by atoms with van der Waals surface area (Å²) in [5, 5.41) is 9.56. The first-order valence-electron chi connectivity index (χ1n) is 5.02. The third kappa shape index (κ3) is 5.12. The van der Waals surface area contributed by atoms with E-state index in [4.69, 9.17) is 0 Å². The number of aliphatic hydroxyl groups excluding tert-OH is 1. The number of nitrogens with zero attached hydrogens (tertiary/aromatic N) is 1. The number of hydrogen-bond donors (Lipinski definition) is 1. The Morgan fingerprint density at radius 1 is 1.35 bits per heavy atom. The molecular formula is C12H13NO3Te. The number of aliphatic imine (C=N–C) groups is 1. The molecule has 0 saturated carbocycles. The first kappa shape index (κ1) is 13.9. The molecule has 1 amide bonds. The molecule has 0 radical (unpaired) electrons. The average Bonchev–Trinajstić information content (AvgIpc) is 2.26. The summed E-state index contributed by atoms with van der Waals surface area (Å²) in [7, 11) is 0. The Morgan fingerprint density at radius 3 is 2.76 bits per heavy atom. The molecular weight excluding hydrogens is 334 g/mol. The van der Waals surface area contributed by atoms with E-state index in [9.17, 15) is 14.7 Å². The number of carbonyl (C=O) groups excluding carboxylic acids is 2. The second kappa shape index (κ2) is 7.21. The van der Waals surface area contributed by atoms with Crippen molar-refractivity contribution in [2.45, 2.75) is 15.9 Å². The van der Waals surface area contributed by atoms with Gasteiger partial charge in [-0.2, -0.15) is 0 Å². The van der Waals surface area contributed by atoms with Crippen LogP contribution in [0.15, 0.2) is 40.6 Å². The molecule has 1 rings (SSSR count). The number of hydrogen-bond acceptors (Lipinski definition) is 3. The zero-order valence-electron chi connectivity index (χ0n) is 9.42. The summed E-state index contributed by atoms with van der Waals surface area (Å²) in [4.78, 5) is 25.5. The Labute approximate surface area is 110 Å². The van der Waals surface area contributed by atoms with E-state index in [1.807, 2.05) is 0 Å². The molecule has 0 aliphatic carbocycles. The molecule has 0 aromatic rings. The Bertz CT molecular complexity index is 433. The fraction of sp³-hybridized carbons (Fsp3) is 0.250. The molecule has 1 aliphatic rings. The van der Waals surface area contributed by atoms with Crippen molar-refractivity contribution >= 4 is 38.8 Å². The molecule has 0 atom stereocenters. The first-order valence-corrected chi connectivity index (χ1v) is 8.32. The molecule has 0 saturated heterocycles. The number of rotatable bonds is 3. The van der Waals surface area contributed by atoms with Gasteiger partial charge in [0.05, 0.1) is 0 Å². The van der Waals surface area contributed by atoms with E-state index >= 15 is 0 Å². The molecule has 4 nitrogen and oxygen atoms in total. The normalized spacial score (nSPS) is 17.8. The number of amides is 1. The second-order valence-corrected chi connectivity index (χ2v) is 6.13. The zero-order valence-corrected chi connectivity index (χ0v) is 11.8. The Hall–Kier alpha value is -1.18. The van der Waals surface area contributed by atoms with Crippen molar-refractivity contribution in [3.8, 4) is 0 Å². The van der Waals surface area contributed by atoms with Crippen LogP contribution in [0.25, 0.3) is 0 Å². The van der Waals surface area contributed by atoms with Gasteiger partial charge in [-0.05, 0) is 0 Å². The van der Waals surface area contributed by atoms with Gasteiger partial charge in [0, 0.05) is 0 Å². The van der Waals surface area contributed by atoms with E-state index in [-0.39, 0.29) is 38.4 Å². The number of ketones is 1. The fourth-order valence-corrected chi connectivity index (χ4v) is 3.42. The van der Waals surface area contributed by atoms with Crippen LogP contribution in [0.5, 0.6) is 0 Å². The van der Waals surface area contributed by atoms with Gasteiger partial charge < -0.3 is 0 Å². The first-order chi connectivity index (χ1) is 8.11. The van der Waals surface area contributed by atoms with Crippen LogP contribution in [0.3, 0.4) is 0 Å². The van der Waals surface area contributed by atoms with E-state index in [0.717, 1.165) is 0 Å². The monoisotopic (exact) mass is 349 g/mol. The number of Topliss-reactive ketones (excluding diaryl/α,β-unsaturated/α-hetero) is 1. The SMILES string of the molecule is CC(=O)N=C/C=C/C=C/C1=C(O)C[Te]CC1=O. The predicted octanol–water partition coefficient (Wildman–Crippen LogP) is 1.65. The third-order valence-electron chi connectivity index (χ3n) is 1.91. The van der Waals surface area contributed by atoms with E-state index in [1.54, 1.807) is 24.3 Å². The average molecular weight is 347 g/mol. The van der Waals surface area contributed by atoms with Crippen LogP contribution in [0, 0.1) is 0 Å².